The molecule has 0 bridgehead atoms. The zero-order valence-corrected chi connectivity index (χ0v) is 12.0. The van der Waals surface area contributed by atoms with Crippen molar-refractivity contribution >= 4 is 23.4 Å². The lowest BCUT2D eigenvalue weighted by atomic mass is 10.1. The molecule has 1 saturated heterocycles. The summed E-state index contributed by atoms with van der Waals surface area (Å²) in [5.41, 5.74) is 4.36. The maximum absolute atomic E-state index is 11.5. The van der Waals surface area contributed by atoms with Crippen molar-refractivity contribution in [3.05, 3.63) is 23.8 Å². The third-order valence-corrected chi connectivity index (χ3v) is 4.11. The van der Waals surface area contributed by atoms with Crippen LogP contribution in [0.25, 0.3) is 0 Å². The Balaban J connectivity index is 2.22. The highest BCUT2D eigenvalue weighted by Crippen LogP contribution is 2.29. The van der Waals surface area contributed by atoms with E-state index in [0.717, 1.165) is 23.7 Å². The van der Waals surface area contributed by atoms with Gasteiger partial charge in [-0.1, -0.05) is 19.4 Å². The van der Waals surface area contributed by atoms with E-state index in [1.54, 1.807) is 11.8 Å². The number of carboxylic acid groups (broad SMARTS) is 1. The molecule has 0 saturated carbocycles. The summed E-state index contributed by atoms with van der Waals surface area (Å²) in [6.07, 6.45) is 3.59. The van der Waals surface area contributed by atoms with Gasteiger partial charge in [-0.25, -0.2) is 9.80 Å². The Bertz CT molecular complexity index is 445. The summed E-state index contributed by atoms with van der Waals surface area (Å²) in [6.45, 7) is 3.98. The van der Waals surface area contributed by atoms with E-state index >= 15 is 0 Å². The van der Waals surface area contributed by atoms with E-state index < -0.39 is 5.97 Å². The molecule has 4 nitrogen and oxygen atoms in total. The fraction of sp³-hybridized carbons (Fsp3) is 0.500. The second-order valence-corrected chi connectivity index (χ2v) is 5.88. The summed E-state index contributed by atoms with van der Waals surface area (Å²) in [6, 6.07) is 5.63. The maximum atomic E-state index is 11.5. The number of nitrogens with zero attached hydrogens (tertiary/aromatic N) is 1. The van der Waals surface area contributed by atoms with Crippen LogP contribution in [0.15, 0.2) is 23.1 Å². The number of hydrogen-bond acceptors (Lipinski definition) is 4. The van der Waals surface area contributed by atoms with Gasteiger partial charge in [0.2, 0.25) is 0 Å². The molecule has 0 aliphatic carbocycles. The largest absolute Gasteiger partial charge is 0.478 e. The monoisotopic (exact) mass is 280 g/mol. The van der Waals surface area contributed by atoms with Gasteiger partial charge in [-0.15, -0.1) is 11.8 Å². The van der Waals surface area contributed by atoms with Crippen molar-refractivity contribution in [2.75, 3.05) is 24.3 Å². The van der Waals surface area contributed by atoms with Gasteiger partial charge in [0.1, 0.15) is 0 Å². The molecule has 1 heterocycles. The number of hydrogen-bond donors (Lipinski definition) is 2. The molecular formula is C14H20N2O2S. The maximum Gasteiger partial charge on any atom is 0.339 e. The molecule has 2 N–H and O–H groups in total. The Morgan fingerprint density at radius 1 is 1.37 bits per heavy atom. The highest BCUT2D eigenvalue weighted by Gasteiger charge is 2.18. The van der Waals surface area contributed by atoms with Crippen LogP contribution < -0.4 is 5.43 Å². The number of carboxylic acids is 1. The molecule has 0 amide bonds. The lowest BCUT2D eigenvalue weighted by Crippen LogP contribution is -2.35. The predicted molar refractivity (Wildman–Crippen MR) is 78.8 cm³/mol. The first-order valence-corrected chi connectivity index (χ1v) is 7.71. The zero-order chi connectivity index (χ0) is 13.7. The minimum absolute atomic E-state index is 0.389. The second-order valence-electron chi connectivity index (χ2n) is 4.58. The number of piperidine rings is 1. The van der Waals surface area contributed by atoms with Gasteiger partial charge in [-0.3, -0.25) is 0 Å². The minimum atomic E-state index is -0.865. The number of thioether (sulfide) groups is 1. The number of carbonyl (C=O) groups is 1. The van der Waals surface area contributed by atoms with Crippen LogP contribution >= 0.6 is 11.8 Å². The highest BCUT2D eigenvalue weighted by atomic mass is 32.2. The minimum Gasteiger partial charge on any atom is -0.478 e. The first kappa shape index (κ1) is 14.2. The van der Waals surface area contributed by atoms with Crippen LogP contribution in [-0.2, 0) is 0 Å². The first-order valence-electron chi connectivity index (χ1n) is 6.73. The lowest BCUT2D eigenvalue weighted by molar-refractivity contribution is 0.0693. The van der Waals surface area contributed by atoms with Crippen molar-refractivity contribution in [1.82, 2.24) is 5.01 Å². The number of benzene rings is 1. The fourth-order valence-corrected chi connectivity index (χ4v) is 3.12. The van der Waals surface area contributed by atoms with Gasteiger partial charge in [0.25, 0.3) is 0 Å². The van der Waals surface area contributed by atoms with Crippen molar-refractivity contribution in [2.45, 2.75) is 31.1 Å². The van der Waals surface area contributed by atoms with E-state index in [4.69, 9.17) is 0 Å². The van der Waals surface area contributed by atoms with Crippen LogP contribution in [0.4, 0.5) is 5.69 Å². The van der Waals surface area contributed by atoms with Crippen molar-refractivity contribution in [3.63, 3.8) is 0 Å². The highest BCUT2D eigenvalue weighted by molar-refractivity contribution is 7.99. The summed E-state index contributed by atoms with van der Waals surface area (Å²) in [5.74, 6) is 0.00374. The number of rotatable bonds is 5. The summed E-state index contributed by atoms with van der Waals surface area (Å²) < 4.78 is 0. The van der Waals surface area contributed by atoms with Crippen LogP contribution in [-0.4, -0.2) is 34.9 Å². The molecule has 104 valence electrons. The van der Waals surface area contributed by atoms with Gasteiger partial charge in [0, 0.05) is 18.0 Å². The summed E-state index contributed by atoms with van der Waals surface area (Å²) in [4.78, 5) is 12.3. The number of aromatic carboxylic acids is 1. The topological polar surface area (TPSA) is 52.6 Å². The molecule has 0 radical (unpaired) electrons. The molecule has 1 fully saturated rings. The Hall–Kier alpha value is -1.20. The quantitative estimate of drug-likeness (QED) is 0.810. The van der Waals surface area contributed by atoms with Crippen molar-refractivity contribution in [1.29, 1.82) is 0 Å². The summed E-state index contributed by atoms with van der Waals surface area (Å²) in [7, 11) is 0. The van der Waals surface area contributed by atoms with Gasteiger partial charge in [-0.2, -0.15) is 0 Å². The van der Waals surface area contributed by atoms with Crippen molar-refractivity contribution in [2.24, 2.45) is 0 Å². The molecule has 0 aromatic heterocycles. The fourth-order valence-electron chi connectivity index (χ4n) is 2.30. The second kappa shape index (κ2) is 6.82. The summed E-state index contributed by atoms with van der Waals surface area (Å²) in [5, 5.41) is 11.5. The van der Waals surface area contributed by atoms with E-state index in [2.05, 4.69) is 10.4 Å². The standard InChI is InChI=1S/C14H20N2O2S/c1-2-19-12-8-6-7-11(13(12)14(17)18)15-16-9-4-3-5-10-16/h6-8,15H,2-5,9-10H2,1H3,(H,17,18). The van der Waals surface area contributed by atoms with E-state index in [1.165, 1.54) is 19.3 Å². The Labute approximate surface area is 118 Å². The predicted octanol–water partition coefficient (Wildman–Crippen LogP) is 3.31. The molecular weight excluding hydrogens is 260 g/mol. The van der Waals surface area contributed by atoms with Crippen molar-refractivity contribution in [3.8, 4) is 0 Å². The smallest absolute Gasteiger partial charge is 0.339 e. The van der Waals surface area contributed by atoms with Gasteiger partial charge < -0.3 is 10.5 Å². The van der Waals surface area contributed by atoms with Crippen LogP contribution in [0, 0.1) is 0 Å². The van der Waals surface area contributed by atoms with E-state index in [0.29, 0.717) is 11.3 Å². The molecule has 19 heavy (non-hydrogen) atoms. The van der Waals surface area contributed by atoms with Gasteiger partial charge in [0.05, 0.1) is 11.3 Å². The van der Waals surface area contributed by atoms with Gasteiger partial charge in [-0.05, 0) is 30.7 Å². The number of hydrazine groups is 1. The Morgan fingerprint density at radius 2 is 2.11 bits per heavy atom. The van der Waals surface area contributed by atoms with E-state index in [9.17, 15) is 9.90 Å². The van der Waals surface area contributed by atoms with E-state index in [1.807, 2.05) is 25.1 Å². The first-order chi connectivity index (χ1) is 9.22. The lowest BCUT2D eigenvalue weighted by Gasteiger charge is -2.28. The van der Waals surface area contributed by atoms with Gasteiger partial charge in [0.15, 0.2) is 0 Å². The number of anilines is 1. The molecule has 0 atom stereocenters. The molecule has 2 rings (SSSR count). The molecule has 0 spiro atoms. The summed E-state index contributed by atoms with van der Waals surface area (Å²) >= 11 is 1.57. The molecule has 5 heteroatoms. The van der Waals surface area contributed by atoms with Crippen molar-refractivity contribution < 1.29 is 9.90 Å². The molecule has 1 aromatic carbocycles. The van der Waals surface area contributed by atoms with Crippen LogP contribution in [0.5, 0.6) is 0 Å². The Morgan fingerprint density at radius 3 is 2.74 bits per heavy atom. The third-order valence-electron chi connectivity index (χ3n) is 3.17. The van der Waals surface area contributed by atoms with Gasteiger partial charge >= 0.3 is 5.97 Å². The third kappa shape index (κ3) is 3.64. The van der Waals surface area contributed by atoms with Crippen LogP contribution in [0.1, 0.15) is 36.5 Å². The van der Waals surface area contributed by atoms with Crippen LogP contribution in [0.2, 0.25) is 0 Å². The average molecular weight is 280 g/mol. The number of nitrogens with one attached hydrogen (secondary N) is 1. The normalized spacial score (nSPS) is 16.3. The zero-order valence-electron chi connectivity index (χ0n) is 11.2. The molecule has 1 aromatic rings. The average Bonchev–Trinajstić information content (AvgIpc) is 2.40. The Kier molecular flexibility index (Phi) is 5.10. The molecule has 1 aliphatic heterocycles. The van der Waals surface area contributed by atoms with Crippen LogP contribution in [0.3, 0.4) is 0 Å². The molecule has 0 unspecified atom stereocenters. The van der Waals surface area contributed by atoms with E-state index in [-0.39, 0.29) is 0 Å². The molecule has 1 aliphatic rings. The SMILES string of the molecule is CCSc1cccc(NN2CCCCC2)c1C(=O)O.